The van der Waals surface area contributed by atoms with E-state index >= 15 is 0 Å². The van der Waals surface area contributed by atoms with Gasteiger partial charge in [0.15, 0.2) is 11.6 Å². The summed E-state index contributed by atoms with van der Waals surface area (Å²) in [4.78, 5) is 29.4. The zero-order valence-electron chi connectivity index (χ0n) is 24.9. The molecule has 0 bridgehead atoms. The largest absolute Gasteiger partial charge is 0.489 e. The number of hydrogen-bond donors (Lipinski definition) is 3. The van der Waals surface area contributed by atoms with Crippen LogP contribution in [0.1, 0.15) is 75.7 Å². The Labute approximate surface area is 247 Å². The number of carbonyl (C=O) groups excluding carboxylic acids is 2. The SMILES string of the molecule is CC(C)C1CC[C@@H](Oc2ccc(C(=O)Cc3ccc(NC(=O)Nc4cc(C(C)(C)C)on4)cc3)nc2)C1.CS(=O)(=O)O. The molecule has 3 aromatic rings. The van der Waals surface area contributed by atoms with Gasteiger partial charge in [-0.25, -0.2) is 9.78 Å². The van der Waals surface area contributed by atoms with Crippen LogP contribution in [0.5, 0.6) is 5.75 Å². The summed E-state index contributed by atoms with van der Waals surface area (Å²) in [5.74, 6) is 3.05. The topological polar surface area (TPSA) is 161 Å². The van der Waals surface area contributed by atoms with Crippen molar-refractivity contribution in [3.8, 4) is 5.75 Å². The maximum atomic E-state index is 12.7. The fourth-order valence-corrected chi connectivity index (χ4v) is 4.44. The second kappa shape index (κ2) is 13.9. The molecule has 2 aromatic heterocycles. The molecule has 2 amide bonds. The lowest BCUT2D eigenvalue weighted by Gasteiger charge is -2.16. The molecule has 2 heterocycles. The number of hydrogen-bond acceptors (Lipinski definition) is 8. The van der Waals surface area contributed by atoms with Crippen molar-refractivity contribution < 1.29 is 31.8 Å². The Morgan fingerprint density at radius 1 is 1.10 bits per heavy atom. The van der Waals surface area contributed by atoms with Crippen LogP contribution in [-0.2, 0) is 22.0 Å². The highest BCUT2D eigenvalue weighted by Gasteiger charge is 2.28. The average Bonchev–Trinajstić information content (AvgIpc) is 3.55. The Kier molecular flexibility index (Phi) is 10.9. The molecule has 11 nitrogen and oxygen atoms in total. The van der Waals surface area contributed by atoms with Crippen molar-refractivity contribution >= 4 is 33.4 Å². The minimum atomic E-state index is -3.67. The third-order valence-electron chi connectivity index (χ3n) is 6.76. The van der Waals surface area contributed by atoms with Gasteiger partial charge in [-0.3, -0.25) is 14.7 Å². The highest BCUT2D eigenvalue weighted by molar-refractivity contribution is 7.85. The van der Waals surface area contributed by atoms with Gasteiger partial charge in [-0.15, -0.1) is 0 Å². The molecule has 12 heteroatoms. The number of nitrogens with zero attached hydrogens (tertiary/aromatic N) is 2. The van der Waals surface area contributed by atoms with Gasteiger partial charge in [0.2, 0.25) is 0 Å². The van der Waals surface area contributed by atoms with E-state index in [2.05, 4.69) is 34.6 Å². The summed E-state index contributed by atoms with van der Waals surface area (Å²) in [6.07, 6.45) is 6.13. The second-order valence-electron chi connectivity index (χ2n) is 11.9. The molecule has 1 aliphatic carbocycles. The Bertz CT molecular complexity index is 1440. The van der Waals surface area contributed by atoms with Crippen molar-refractivity contribution in [1.29, 1.82) is 0 Å². The molecule has 0 saturated heterocycles. The lowest BCUT2D eigenvalue weighted by Crippen LogP contribution is -2.19. The van der Waals surface area contributed by atoms with Gasteiger partial charge in [0.05, 0.1) is 18.6 Å². The van der Waals surface area contributed by atoms with Crippen LogP contribution >= 0.6 is 0 Å². The number of anilines is 2. The van der Waals surface area contributed by atoms with Gasteiger partial charge >= 0.3 is 6.03 Å². The van der Waals surface area contributed by atoms with Crippen molar-refractivity contribution in [3.05, 3.63) is 65.7 Å². The standard InChI is InChI=1S/C29H36N4O4.CH4O3S/c1-18(2)20-8-11-22(15-20)36-23-12-13-24(30-17-23)25(34)14-19-6-9-21(10-7-19)31-28(35)32-27-16-26(37-33-27)29(3,4)5;1-5(2,3)4/h6-7,9-10,12-13,16-18,20,22H,8,11,14-15H2,1-5H3,(H2,31,32,33,35);1H3,(H,2,3,4)/t20?,22-;/m1./s1. The summed E-state index contributed by atoms with van der Waals surface area (Å²) < 4.78 is 37.2. The lowest BCUT2D eigenvalue weighted by atomic mass is 9.93. The molecule has 1 saturated carbocycles. The van der Waals surface area contributed by atoms with E-state index in [0.29, 0.717) is 46.8 Å². The predicted octanol–water partition coefficient (Wildman–Crippen LogP) is 6.14. The van der Waals surface area contributed by atoms with Crippen molar-refractivity contribution in [2.45, 2.75) is 71.8 Å². The molecule has 4 rings (SSSR count). The molecule has 1 aromatic carbocycles. The van der Waals surface area contributed by atoms with Crippen LogP contribution in [0.25, 0.3) is 0 Å². The first-order valence-electron chi connectivity index (χ1n) is 13.8. The van der Waals surface area contributed by atoms with Gasteiger partial charge in [-0.1, -0.05) is 51.9 Å². The molecule has 42 heavy (non-hydrogen) atoms. The molecule has 2 atom stereocenters. The van der Waals surface area contributed by atoms with E-state index in [-0.39, 0.29) is 23.7 Å². The fourth-order valence-electron chi connectivity index (χ4n) is 4.44. The summed E-state index contributed by atoms with van der Waals surface area (Å²) in [5, 5.41) is 9.29. The number of benzene rings is 1. The minimum Gasteiger partial charge on any atom is -0.489 e. The molecule has 1 aliphatic rings. The summed E-state index contributed by atoms with van der Waals surface area (Å²) in [6, 6.07) is 12.0. The van der Waals surface area contributed by atoms with E-state index in [0.717, 1.165) is 18.4 Å². The number of amides is 2. The van der Waals surface area contributed by atoms with Crippen LogP contribution < -0.4 is 15.4 Å². The first-order valence-corrected chi connectivity index (χ1v) is 15.6. The van der Waals surface area contributed by atoms with Crippen LogP contribution in [0.2, 0.25) is 0 Å². The zero-order valence-corrected chi connectivity index (χ0v) is 25.7. The van der Waals surface area contributed by atoms with E-state index in [1.54, 1.807) is 30.5 Å². The highest BCUT2D eigenvalue weighted by atomic mass is 32.2. The van der Waals surface area contributed by atoms with Crippen molar-refractivity contribution in [1.82, 2.24) is 10.1 Å². The second-order valence-corrected chi connectivity index (χ2v) is 13.3. The van der Waals surface area contributed by atoms with Crippen molar-refractivity contribution in [2.75, 3.05) is 16.9 Å². The first-order chi connectivity index (χ1) is 19.6. The molecule has 0 spiro atoms. The quantitative estimate of drug-likeness (QED) is 0.204. The van der Waals surface area contributed by atoms with Crippen LogP contribution in [0.4, 0.5) is 16.3 Å². The van der Waals surface area contributed by atoms with Crippen LogP contribution in [0.15, 0.2) is 53.2 Å². The number of carbonyl (C=O) groups is 2. The monoisotopic (exact) mass is 600 g/mol. The van der Waals surface area contributed by atoms with Gasteiger partial charge in [0.1, 0.15) is 17.2 Å². The third kappa shape index (κ3) is 10.9. The van der Waals surface area contributed by atoms with Crippen molar-refractivity contribution in [2.24, 2.45) is 11.8 Å². The smallest absolute Gasteiger partial charge is 0.324 e. The van der Waals surface area contributed by atoms with Gasteiger partial charge < -0.3 is 14.6 Å². The summed E-state index contributed by atoms with van der Waals surface area (Å²) in [5.41, 5.74) is 1.63. The Hall–Kier alpha value is -3.77. The van der Waals surface area contributed by atoms with Gasteiger partial charge in [-0.2, -0.15) is 8.42 Å². The first kappa shape index (κ1) is 32.7. The van der Waals surface area contributed by atoms with Gasteiger partial charge in [0, 0.05) is 23.6 Å². The molecule has 3 N–H and O–H groups in total. The number of urea groups is 1. The fraction of sp³-hybridized carbons (Fsp3) is 0.467. The number of ketones is 1. The number of rotatable bonds is 8. The normalized spacial score (nSPS) is 16.9. The van der Waals surface area contributed by atoms with E-state index in [4.69, 9.17) is 13.8 Å². The van der Waals surface area contributed by atoms with E-state index in [1.807, 2.05) is 39.0 Å². The van der Waals surface area contributed by atoms with Crippen LogP contribution in [-0.4, -0.2) is 47.3 Å². The van der Waals surface area contributed by atoms with Crippen molar-refractivity contribution in [3.63, 3.8) is 0 Å². The van der Waals surface area contributed by atoms with E-state index in [1.165, 1.54) is 6.42 Å². The molecule has 228 valence electrons. The maximum absolute atomic E-state index is 12.7. The van der Waals surface area contributed by atoms with E-state index < -0.39 is 16.1 Å². The molecule has 1 fully saturated rings. The molecule has 1 unspecified atom stereocenters. The molecule has 0 aliphatic heterocycles. The van der Waals surface area contributed by atoms with Crippen LogP contribution in [0, 0.1) is 11.8 Å². The number of pyridine rings is 1. The number of Topliss-reactive ketones (excluding diaryl/α,β-unsaturated/α-hetero) is 1. The summed E-state index contributed by atoms with van der Waals surface area (Å²) >= 11 is 0. The zero-order chi connectivity index (χ0) is 31.1. The Morgan fingerprint density at radius 2 is 1.76 bits per heavy atom. The minimum absolute atomic E-state index is 0.0774. The van der Waals surface area contributed by atoms with Gasteiger partial charge in [0.25, 0.3) is 10.1 Å². The number of aromatic nitrogens is 2. The maximum Gasteiger partial charge on any atom is 0.324 e. The predicted molar refractivity (Wildman–Crippen MR) is 161 cm³/mol. The average molecular weight is 601 g/mol. The summed E-state index contributed by atoms with van der Waals surface area (Å²) in [6.45, 7) is 10.5. The van der Waals surface area contributed by atoms with E-state index in [9.17, 15) is 18.0 Å². The number of ether oxygens (including phenoxy) is 1. The molecular weight excluding hydrogens is 560 g/mol. The Morgan fingerprint density at radius 3 is 2.29 bits per heavy atom. The van der Waals surface area contributed by atoms with Gasteiger partial charge in [-0.05, 0) is 60.9 Å². The molecule has 0 radical (unpaired) electrons. The lowest BCUT2D eigenvalue weighted by molar-refractivity contribution is 0.0988. The summed E-state index contributed by atoms with van der Waals surface area (Å²) in [7, 11) is -3.67. The molecular formula is C30H40N4O7S. The highest BCUT2D eigenvalue weighted by Crippen LogP contribution is 2.33. The Balaban J connectivity index is 0.000000892. The third-order valence-corrected chi connectivity index (χ3v) is 6.76. The number of nitrogens with one attached hydrogen (secondary N) is 2. The van der Waals surface area contributed by atoms with Crippen LogP contribution in [0.3, 0.4) is 0 Å².